The second-order valence-electron chi connectivity index (χ2n) is 9.09. The summed E-state index contributed by atoms with van der Waals surface area (Å²) >= 11 is 5.63. The van der Waals surface area contributed by atoms with Crippen molar-refractivity contribution in [1.82, 2.24) is 4.90 Å². The second-order valence-corrected chi connectivity index (χ2v) is 11.9. The maximum absolute atomic E-state index is 13.7. The Balaban J connectivity index is 1.55. The lowest BCUT2D eigenvalue weighted by Gasteiger charge is -2.43. The van der Waals surface area contributed by atoms with Crippen LogP contribution in [0, 0.1) is 15.7 Å². The summed E-state index contributed by atoms with van der Waals surface area (Å²) in [6.07, 6.45) is 3.39. The first kappa shape index (κ1) is 21.7. The Hall–Kier alpha value is -2.10. The topological polar surface area (TPSA) is 66.9 Å². The van der Waals surface area contributed by atoms with Gasteiger partial charge >= 0.3 is 0 Å². The molecule has 2 aliphatic heterocycles. The van der Waals surface area contributed by atoms with Crippen molar-refractivity contribution in [3.8, 4) is 16.9 Å². The average molecular weight is 489 g/mol. The van der Waals surface area contributed by atoms with Gasteiger partial charge in [0.15, 0.2) is 0 Å². The van der Waals surface area contributed by atoms with E-state index in [-0.39, 0.29) is 36.1 Å². The Morgan fingerprint density at radius 2 is 1.81 bits per heavy atom. The first-order chi connectivity index (χ1) is 15.3. The molecule has 1 saturated heterocycles. The zero-order valence-electron chi connectivity index (χ0n) is 18.2. The Labute approximate surface area is 199 Å². The average Bonchev–Trinajstić information content (AvgIpc) is 3.28. The van der Waals surface area contributed by atoms with Crippen LogP contribution in [0.25, 0.3) is 11.1 Å². The molecule has 1 aromatic heterocycles. The lowest BCUT2D eigenvalue weighted by atomic mass is 9.81. The summed E-state index contributed by atoms with van der Waals surface area (Å²) < 4.78 is 6.21. The third kappa shape index (κ3) is 3.08. The van der Waals surface area contributed by atoms with Gasteiger partial charge in [-0.05, 0) is 44.9 Å². The van der Waals surface area contributed by atoms with Crippen LogP contribution >= 0.6 is 32.9 Å². The van der Waals surface area contributed by atoms with Crippen LogP contribution in [0.5, 0.6) is 5.75 Å². The van der Waals surface area contributed by atoms with Crippen molar-refractivity contribution in [2.45, 2.75) is 45.1 Å². The molecule has 3 amide bonds. The van der Waals surface area contributed by atoms with Crippen LogP contribution in [-0.4, -0.2) is 36.3 Å². The number of benzene rings is 1. The molecule has 6 nitrogen and oxygen atoms in total. The number of likely N-dealkylation sites (tertiary alicyclic amines) is 1. The molecular weight excluding hydrogens is 464 g/mol. The summed E-state index contributed by atoms with van der Waals surface area (Å²) in [4.78, 5) is 43.6. The third-order valence-electron chi connectivity index (χ3n) is 6.94. The Morgan fingerprint density at radius 3 is 2.44 bits per heavy atom. The first-order valence-electron chi connectivity index (χ1n) is 10.8. The standard InChI is InChI=1S/C23H24N2O4S3/c1-23(2)19-18(22(30)32-31-19)15-10-12(29-3)8-9-16(15)25(23)17(26)11-24-20(27)13-6-4-5-7-14(13)21(24)28/h8-10,13-14H,4-7,11H2,1-3H3/t13-,14+. The number of carbonyl (C=O) groups is 3. The van der Waals surface area contributed by atoms with Crippen molar-refractivity contribution in [3.05, 3.63) is 26.9 Å². The van der Waals surface area contributed by atoms with Gasteiger partial charge in [-0.1, -0.05) is 45.7 Å². The number of hydrogen-bond donors (Lipinski definition) is 0. The van der Waals surface area contributed by atoms with E-state index >= 15 is 0 Å². The van der Waals surface area contributed by atoms with E-state index in [1.54, 1.807) is 22.4 Å². The number of nitrogens with zero attached hydrogens (tertiary/aromatic N) is 2. The number of fused-ring (bicyclic) bond motifs is 4. The van der Waals surface area contributed by atoms with E-state index in [4.69, 9.17) is 17.0 Å². The Bertz CT molecular complexity index is 1170. The fourth-order valence-electron chi connectivity index (χ4n) is 5.37. The zero-order valence-corrected chi connectivity index (χ0v) is 20.6. The van der Waals surface area contributed by atoms with E-state index in [0.717, 1.165) is 51.2 Å². The van der Waals surface area contributed by atoms with E-state index in [9.17, 15) is 14.4 Å². The molecule has 32 heavy (non-hydrogen) atoms. The molecule has 5 rings (SSSR count). The van der Waals surface area contributed by atoms with Crippen molar-refractivity contribution in [2.75, 3.05) is 18.6 Å². The van der Waals surface area contributed by atoms with Crippen molar-refractivity contribution in [3.63, 3.8) is 0 Å². The normalized spacial score (nSPS) is 23.6. The van der Waals surface area contributed by atoms with Crippen molar-refractivity contribution in [2.24, 2.45) is 11.8 Å². The third-order valence-corrected chi connectivity index (χ3v) is 10.3. The highest BCUT2D eigenvalue weighted by atomic mass is 32.9. The van der Waals surface area contributed by atoms with Gasteiger partial charge < -0.3 is 4.74 Å². The molecule has 0 bridgehead atoms. The fraction of sp³-hybridized carbons (Fsp3) is 0.478. The molecule has 2 aromatic rings. The molecule has 1 saturated carbocycles. The predicted molar refractivity (Wildman–Crippen MR) is 128 cm³/mol. The van der Waals surface area contributed by atoms with E-state index in [1.807, 2.05) is 32.0 Å². The van der Waals surface area contributed by atoms with Gasteiger partial charge in [0.2, 0.25) is 17.7 Å². The molecule has 3 heterocycles. The molecule has 168 valence electrons. The molecule has 2 atom stereocenters. The SMILES string of the molecule is COc1ccc2c(c1)-c1c(ssc1=S)C(C)(C)N2C(=O)CN1C(=O)[C@H]2CCCC[C@H]2C1=O. The molecule has 9 heteroatoms. The van der Waals surface area contributed by atoms with Crippen molar-refractivity contribution < 1.29 is 19.1 Å². The van der Waals surface area contributed by atoms with Crippen molar-refractivity contribution in [1.29, 1.82) is 0 Å². The molecule has 3 aliphatic rings. The van der Waals surface area contributed by atoms with E-state index < -0.39 is 5.54 Å². The quantitative estimate of drug-likeness (QED) is 0.347. The van der Waals surface area contributed by atoms with Crippen LogP contribution in [0.1, 0.15) is 44.4 Å². The fourth-order valence-corrected chi connectivity index (χ4v) is 8.66. The highest BCUT2D eigenvalue weighted by Crippen LogP contribution is 2.53. The smallest absolute Gasteiger partial charge is 0.247 e. The van der Waals surface area contributed by atoms with Gasteiger partial charge in [0.05, 0.1) is 35.0 Å². The van der Waals surface area contributed by atoms with E-state index in [0.29, 0.717) is 5.75 Å². The lowest BCUT2D eigenvalue weighted by molar-refractivity contribution is -0.143. The van der Waals surface area contributed by atoms with Crippen LogP contribution in [-0.2, 0) is 19.9 Å². The van der Waals surface area contributed by atoms with Gasteiger partial charge in [0.1, 0.15) is 16.1 Å². The minimum absolute atomic E-state index is 0.190. The molecular formula is C23H24N2O4S3. The Morgan fingerprint density at radius 1 is 1.16 bits per heavy atom. The predicted octanol–water partition coefficient (Wildman–Crippen LogP) is 4.97. The van der Waals surface area contributed by atoms with Gasteiger partial charge in [0, 0.05) is 11.1 Å². The number of anilines is 1. The highest BCUT2D eigenvalue weighted by Gasteiger charge is 2.50. The number of hydrogen-bond acceptors (Lipinski definition) is 7. The van der Waals surface area contributed by atoms with Gasteiger partial charge in [-0.15, -0.1) is 0 Å². The largest absolute Gasteiger partial charge is 0.497 e. The summed E-state index contributed by atoms with van der Waals surface area (Å²) in [6.45, 7) is 3.75. The van der Waals surface area contributed by atoms with Crippen molar-refractivity contribution >= 4 is 56.3 Å². The molecule has 0 spiro atoms. The number of imide groups is 1. The minimum atomic E-state index is -0.662. The maximum Gasteiger partial charge on any atom is 0.247 e. The molecule has 0 unspecified atom stereocenters. The first-order valence-corrected chi connectivity index (χ1v) is 13.3. The molecule has 2 fully saturated rings. The monoisotopic (exact) mass is 488 g/mol. The molecule has 1 aromatic carbocycles. The summed E-state index contributed by atoms with van der Waals surface area (Å²) in [5.74, 6) is -0.487. The zero-order chi connectivity index (χ0) is 22.8. The number of methoxy groups -OCH3 is 1. The van der Waals surface area contributed by atoms with Crippen LogP contribution in [0.15, 0.2) is 18.2 Å². The van der Waals surface area contributed by atoms with Crippen LogP contribution < -0.4 is 9.64 Å². The van der Waals surface area contributed by atoms with Gasteiger partial charge in [-0.3, -0.25) is 24.2 Å². The molecule has 1 aliphatic carbocycles. The second kappa shape index (κ2) is 7.74. The summed E-state index contributed by atoms with van der Waals surface area (Å²) in [5, 5.41) is 0. The Kier molecular flexibility index (Phi) is 5.26. The molecule has 0 radical (unpaired) electrons. The summed E-state index contributed by atoms with van der Waals surface area (Å²) in [7, 11) is 4.70. The summed E-state index contributed by atoms with van der Waals surface area (Å²) in [6, 6.07) is 5.58. The van der Waals surface area contributed by atoms with Crippen LogP contribution in [0.4, 0.5) is 5.69 Å². The van der Waals surface area contributed by atoms with Gasteiger partial charge in [-0.2, -0.15) is 0 Å². The van der Waals surface area contributed by atoms with Gasteiger partial charge in [-0.25, -0.2) is 0 Å². The number of rotatable bonds is 3. The van der Waals surface area contributed by atoms with Crippen LogP contribution in [0.3, 0.4) is 0 Å². The van der Waals surface area contributed by atoms with E-state index in [1.165, 1.54) is 15.2 Å². The number of carbonyl (C=O) groups excluding carboxylic acids is 3. The van der Waals surface area contributed by atoms with E-state index in [2.05, 4.69) is 0 Å². The highest BCUT2D eigenvalue weighted by molar-refractivity contribution is 7.80. The lowest BCUT2D eigenvalue weighted by Crippen LogP contribution is -2.52. The maximum atomic E-state index is 13.7. The number of amides is 3. The number of ether oxygens (including phenoxy) is 1. The van der Waals surface area contributed by atoms with Gasteiger partial charge in [0.25, 0.3) is 0 Å². The van der Waals surface area contributed by atoms with Crippen LogP contribution in [0.2, 0.25) is 0 Å². The molecule has 0 N–H and O–H groups in total. The minimum Gasteiger partial charge on any atom is -0.497 e. The summed E-state index contributed by atoms with van der Waals surface area (Å²) in [5.41, 5.74) is 1.88.